The number of para-hydroxylation sites is 2. The summed E-state index contributed by atoms with van der Waals surface area (Å²) in [5.74, 6) is 0.627. The molecular formula is C39H22N4S. The quantitative estimate of drug-likeness (QED) is 0.192. The van der Waals surface area contributed by atoms with E-state index >= 15 is 0 Å². The number of rotatable bonds is 2. The van der Waals surface area contributed by atoms with E-state index in [1.165, 1.54) is 47.2 Å². The second-order valence-corrected chi connectivity index (χ2v) is 12.4. The number of nitrogens with zero attached hydrogens (tertiary/aromatic N) is 4. The Morgan fingerprint density at radius 2 is 1.16 bits per heavy atom. The van der Waals surface area contributed by atoms with E-state index in [1.807, 2.05) is 11.3 Å². The van der Waals surface area contributed by atoms with Crippen LogP contribution in [0.4, 0.5) is 0 Å². The third-order valence-corrected chi connectivity index (χ3v) is 10.0. The van der Waals surface area contributed by atoms with E-state index in [-0.39, 0.29) is 0 Å². The summed E-state index contributed by atoms with van der Waals surface area (Å²) in [5.41, 5.74) is 6.13. The monoisotopic (exact) mass is 578 g/mol. The fourth-order valence-corrected chi connectivity index (χ4v) is 8.03. The molecule has 3 aromatic heterocycles. The van der Waals surface area contributed by atoms with Gasteiger partial charge >= 0.3 is 0 Å². The van der Waals surface area contributed by atoms with Gasteiger partial charge in [-0.1, -0.05) is 78.9 Å². The lowest BCUT2D eigenvalue weighted by Crippen LogP contribution is -1.97. The van der Waals surface area contributed by atoms with E-state index in [1.54, 1.807) is 0 Å². The van der Waals surface area contributed by atoms with Crippen LogP contribution in [0.15, 0.2) is 133 Å². The van der Waals surface area contributed by atoms with E-state index in [4.69, 9.17) is 15.2 Å². The molecule has 10 aromatic rings. The van der Waals surface area contributed by atoms with Gasteiger partial charge in [-0.25, -0.2) is 4.98 Å². The maximum atomic E-state index is 5.23. The van der Waals surface area contributed by atoms with Crippen molar-refractivity contribution < 1.29 is 0 Å². The van der Waals surface area contributed by atoms with Crippen molar-refractivity contribution in [3.8, 4) is 17.1 Å². The van der Waals surface area contributed by atoms with Crippen molar-refractivity contribution in [2.24, 2.45) is 0 Å². The molecule has 0 aliphatic carbocycles. The first-order chi connectivity index (χ1) is 21.8. The van der Waals surface area contributed by atoms with Gasteiger partial charge in [0.1, 0.15) is 11.0 Å². The molecule has 0 aliphatic heterocycles. The van der Waals surface area contributed by atoms with Gasteiger partial charge in [0.25, 0.3) is 0 Å². The summed E-state index contributed by atoms with van der Waals surface area (Å²) >= 11 is 1.84. The average molecular weight is 579 g/mol. The van der Waals surface area contributed by atoms with E-state index in [0.29, 0.717) is 5.82 Å². The van der Waals surface area contributed by atoms with Crippen LogP contribution in [0.1, 0.15) is 0 Å². The van der Waals surface area contributed by atoms with Gasteiger partial charge in [-0.3, -0.25) is 0 Å². The molecule has 0 fully saturated rings. The van der Waals surface area contributed by atoms with Crippen LogP contribution < -0.4 is 0 Å². The lowest BCUT2D eigenvalue weighted by molar-refractivity contribution is 1.04. The molecule has 0 bridgehead atoms. The Morgan fingerprint density at radius 3 is 2.05 bits per heavy atom. The van der Waals surface area contributed by atoms with Gasteiger partial charge in [0.05, 0.1) is 11.0 Å². The van der Waals surface area contributed by atoms with Crippen LogP contribution in [0, 0.1) is 0 Å². The number of aromatic nitrogens is 4. The zero-order valence-electron chi connectivity index (χ0n) is 23.4. The minimum absolute atomic E-state index is 0.627. The third kappa shape index (κ3) is 3.30. The Bertz CT molecular complexity index is 2780. The molecule has 4 nitrogen and oxygen atoms in total. The Kier molecular flexibility index (Phi) is 4.84. The number of benzene rings is 7. The summed E-state index contributed by atoms with van der Waals surface area (Å²) in [7, 11) is 0. The molecule has 204 valence electrons. The zero-order chi connectivity index (χ0) is 28.8. The summed E-state index contributed by atoms with van der Waals surface area (Å²) < 4.78 is 4.90. The number of hydrogen-bond donors (Lipinski definition) is 0. The zero-order valence-corrected chi connectivity index (χ0v) is 24.2. The molecule has 0 N–H and O–H groups in total. The second kappa shape index (κ2) is 8.93. The molecule has 0 aliphatic rings. The van der Waals surface area contributed by atoms with Crippen molar-refractivity contribution in [1.29, 1.82) is 0 Å². The van der Waals surface area contributed by atoms with Crippen molar-refractivity contribution >= 4 is 85.9 Å². The van der Waals surface area contributed by atoms with Gasteiger partial charge in [-0.05, 0) is 65.4 Å². The fraction of sp³-hybridized carbons (Fsp3) is 0. The Balaban J connectivity index is 1.24. The number of hydrogen-bond acceptors (Lipinski definition) is 4. The highest BCUT2D eigenvalue weighted by molar-refractivity contribution is 7.25. The van der Waals surface area contributed by atoms with Crippen LogP contribution in [-0.4, -0.2) is 19.7 Å². The van der Waals surface area contributed by atoms with E-state index in [0.717, 1.165) is 38.6 Å². The predicted molar refractivity (Wildman–Crippen MR) is 185 cm³/mol. The lowest BCUT2D eigenvalue weighted by atomic mass is 9.98. The molecule has 0 saturated heterocycles. The van der Waals surface area contributed by atoms with Crippen molar-refractivity contribution in [1.82, 2.24) is 19.7 Å². The highest BCUT2D eigenvalue weighted by Gasteiger charge is 2.18. The van der Waals surface area contributed by atoms with Crippen LogP contribution in [0.5, 0.6) is 0 Å². The van der Waals surface area contributed by atoms with Gasteiger partial charge < -0.3 is 4.57 Å². The van der Waals surface area contributed by atoms with Crippen molar-refractivity contribution in [2.75, 3.05) is 0 Å². The fourth-order valence-electron chi connectivity index (χ4n) is 6.90. The molecule has 7 aromatic carbocycles. The maximum Gasteiger partial charge on any atom is 0.182 e. The van der Waals surface area contributed by atoms with Gasteiger partial charge in [0.15, 0.2) is 5.82 Å². The largest absolute Gasteiger partial charge is 0.309 e. The van der Waals surface area contributed by atoms with Crippen LogP contribution in [0.3, 0.4) is 0 Å². The molecule has 0 saturated carbocycles. The molecule has 10 rings (SSSR count). The van der Waals surface area contributed by atoms with Gasteiger partial charge in [0, 0.05) is 53.0 Å². The van der Waals surface area contributed by atoms with Crippen molar-refractivity contribution in [2.45, 2.75) is 0 Å². The topological polar surface area (TPSA) is 43.6 Å². The summed E-state index contributed by atoms with van der Waals surface area (Å²) in [6.45, 7) is 0. The van der Waals surface area contributed by atoms with Crippen molar-refractivity contribution in [3.63, 3.8) is 0 Å². The third-order valence-electron chi connectivity index (χ3n) is 8.88. The normalized spacial score (nSPS) is 12.1. The first kappa shape index (κ1) is 23.9. The molecule has 5 heteroatoms. The van der Waals surface area contributed by atoms with Gasteiger partial charge in [0.2, 0.25) is 0 Å². The molecule has 3 heterocycles. The molecule has 0 amide bonds. The molecule has 44 heavy (non-hydrogen) atoms. The first-order valence-electron chi connectivity index (χ1n) is 14.7. The standard InChI is InChI=1S/C39H22N4S/c1-2-10-24(11-3-1)43-33-16-8-6-13-26(33)30-20-23(18-19-34(30)43)39-40-37-28-15-5-4-12-25(28)29-22-36-31(21-32(29)38(37)41-42-39)27-14-7-9-17-35(27)44-36/h1-22H. The second-order valence-electron chi connectivity index (χ2n) is 11.3. The summed E-state index contributed by atoms with van der Waals surface area (Å²) in [6, 6.07) is 47.4. The van der Waals surface area contributed by atoms with Crippen LogP contribution >= 0.6 is 11.3 Å². The highest BCUT2D eigenvalue weighted by atomic mass is 32.1. The van der Waals surface area contributed by atoms with Gasteiger partial charge in [-0.15, -0.1) is 21.5 Å². The van der Waals surface area contributed by atoms with Crippen molar-refractivity contribution in [3.05, 3.63) is 133 Å². The Morgan fingerprint density at radius 1 is 0.432 bits per heavy atom. The molecule has 0 spiro atoms. The van der Waals surface area contributed by atoms with E-state index in [9.17, 15) is 0 Å². The van der Waals surface area contributed by atoms with E-state index < -0.39 is 0 Å². The van der Waals surface area contributed by atoms with Gasteiger partial charge in [-0.2, -0.15) is 0 Å². The Hall–Kier alpha value is -5.65. The predicted octanol–water partition coefficient (Wildman–Crippen LogP) is 10.5. The SMILES string of the molecule is c1ccc(-n2c3ccccc3c3cc(-c4nnc5c6cc7c(cc6c6ccccc6c5n4)sc4ccccc47)ccc32)cc1. The molecule has 0 radical (unpaired) electrons. The summed E-state index contributed by atoms with van der Waals surface area (Å²) in [4.78, 5) is 5.23. The molecule has 0 unspecified atom stereocenters. The van der Waals surface area contributed by atoms with E-state index in [2.05, 4.69) is 138 Å². The minimum atomic E-state index is 0.627. The Labute approximate surface area is 255 Å². The summed E-state index contributed by atoms with van der Waals surface area (Å²) in [5, 5.41) is 19.1. The lowest BCUT2D eigenvalue weighted by Gasteiger charge is -2.10. The molecular weight excluding hydrogens is 557 g/mol. The summed E-state index contributed by atoms with van der Waals surface area (Å²) in [6.07, 6.45) is 0. The van der Waals surface area contributed by atoms with Crippen LogP contribution in [0.2, 0.25) is 0 Å². The highest BCUT2D eigenvalue weighted by Crippen LogP contribution is 2.41. The van der Waals surface area contributed by atoms with Crippen LogP contribution in [0.25, 0.3) is 91.6 Å². The number of fused-ring (bicyclic) bond motifs is 12. The minimum Gasteiger partial charge on any atom is -0.309 e. The average Bonchev–Trinajstić information content (AvgIpc) is 3.62. The first-order valence-corrected chi connectivity index (χ1v) is 15.5. The smallest absolute Gasteiger partial charge is 0.182 e. The molecule has 0 atom stereocenters. The number of thiophene rings is 1. The maximum absolute atomic E-state index is 5.23. The van der Waals surface area contributed by atoms with Crippen LogP contribution in [-0.2, 0) is 0 Å².